The van der Waals surface area contributed by atoms with Crippen LogP contribution in [0.3, 0.4) is 0 Å². The highest BCUT2D eigenvalue weighted by Gasteiger charge is 2.10. The SMILES string of the molecule is CCS(=O)(=O)NCCCNC(=NC)NCCC(C)N(C)Cc1ccccc1.I. The summed E-state index contributed by atoms with van der Waals surface area (Å²) in [6.45, 7) is 6.70. The Hall–Kier alpha value is -0.910. The van der Waals surface area contributed by atoms with Crippen LogP contribution in [0, 0.1) is 0 Å². The molecule has 9 heteroatoms. The highest BCUT2D eigenvalue weighted by atomic mass is 127. The number of benzene rings is 1. The van der Waals surface area contributed by atoms with Crippen LogP contribution in [-0.4, -0.2) is 64.8 Å². The molecule has 3 N–H and O–H groups in total. The fourth-order valence-electron chi connectivity index (χ4n) is 2.49. The van der Waals surface area contributed by atoms with E-state index in [0.29, 0.717) is 25.6 Å². The Kier molecular flexibility index (Phi) is 14.5. The molecule has 1 aromatic rings. The second kappa shape index (κ2) is 15.0. The number of rotatable bonds is 12. The van der Waals surface area contributed by atoms with Gasteiger partial charge >= 0.3 is 0 Å². The standard InChI is InChI=1S/C19H35N5O2S.HI/c1-5-27(25,26)23-14-9-13-21-19(20-3)22-15-12-17(2)24(4)16-18-10-7-6-8-11-18;/h6-8,10-11,17,23H,5,9,12-16H2,1-4H3,(H2,20,21,22);1H. The van der Waals surface area contributed by atoms with Crippen LogP contribution in [0.4, 0.5) is 0 Å². The van der Waals surface area contributed by atoms with E-state index >= 15 is 0 Å². The fraction of sp³-hybridized carbons (Fsp3) is 0.632. The lowest BCUT2D eigenvalue weighted by Gasteiger charge is -2.25. The lowest BCUT2D eigenvalue weighted by molar-refractivity contribution is 0.238. The topological polar surface area (TPSA) is 85.8 Å². The Morgan fingerprint density at radius 3 is 2.39 bits per heavy atom. The van der Waals surface area contributed by atoms with Gasteiger partial charge in [-0.05, 0) is 39.3 Å². The first kappa shape index (κ1) is 27.1. The van der Waals surface area contributed by atoms with Crippen molar-refractivity contribution in [2.75, 3.05) is 39.5 Å². The van der Waals surface area contributed by atoms with Crippen LogP contribution in [0.15, 0.2) is 35.3 Å². The Morgan fingerprint density at radius 2 is 1.79 bits per heavy atom. The molecule has 0 spiro atoms. The third-order valence-electron chi connectivity index (χ3n) is 4.45. The first-order valence-corrected chi connectivity index (χ1v) is 11.2. The summed E-state index contributed by atoms with van der Waals surface area (Å²) in [5.74, 6) is 0.854. The Labute approximate surface area is 187 Å². The van der Waals surface area contributed by atoms with E-state index in [-0.39, 0.29) is 29.7 Å². The van der Waals surface area contributed by atoms with E-state index < -0.39 is 10.0 Å². The molecule has 1 unspecified atom stereocenters. The number of guanidine groups is 1. The van der Waals surface area contributed by atoms with Crippen LogP contribution < -0.4 is 15.4 Å². The summed E-state index contributed by atoms with van der Waals surface area (Å²) in [6.07, 6.45) is 1.70. The van der Waals surface area contributed by atoms with E-state index in [2.05, 4.69) is 63.5 Å². The molecular formula is C19H36IN5O2S. The van der Waals surface area contributed by atoms with Crippen LogP contribution >= 0.6 is 24.0 Å². The quantitative estimate of drug-likeness (QED) is 0.168. The molecule has 0 fully saturated rings. The number of hydrogen-bond acceptors (Lipinski definition) is 4. The van der Waals surface area contributed by atoms with E-state index in [4.69, 9.17) is 0 Å². The largest absolute Gasteiger partial charge is 0.356 e. The summed E-state index contributed by atoms with van der Waals surface area (Å²) in [7, 11) is 0.769. The van der Waals surface area contributed by atoms with Gasteiger partial charge in [-0.25, -0.2) is 13.1 Å². The second-order valence-electron chi connectivity index (χ2n) is 6.62. The molecule has 0 aromatic heterocycles. The van der Waals surface area contributed by atoms with Gasteiger partial charge in [0, 0.05) is 39.3 Å². The Balaban J connectivity index is 0.00000729. The minimum absolute atomic E-state index is 0. The molecule has 28 heavy (non-hydrogen) atoms. The van der Waals surface area contributed by atoms with Gasteiger partial charge in [0.1, 0.15) is 0 Å². The van der Waals surface area contributed by atoms with Gasteiger partial charge in [-0.3, -0.25) is 9.89 Å². The van der Waals surface area contributed by atoms with Crippen molar-refractivity contribution in [1.82, 2.24) is 20.3 Å². The van der Waals surface area contributed by atoms with Crippen molar-refractivity contribution in [3.05, 3.63) is 35.9 Å². The number of aliphatic imine (C=N–C) groups is 1. The highest BCUT2D eigenvalue weighted by Crippen LogP contribution is 2.07. The smallest absolute Gasteiger partial charge is 0.211 e. The highest BCUT2D eigenvalue weighted by molar-refractivity contribution is 14.0. The molecule has 0 saturated carbocycles. The van der Waals surface area contributed by atoms with Crippen LogP contribution in [-0.2, 0) is 16.6 Å². The first-order chi connectivity index (χ1) is 12.9. The number of halogens is 1. The number of sulfonamides is 1. The van der Waals surface area contributed by atoms with Crippen molar-refractivity contribution in [2.45, 2.75) is 39.3 Å². The summed E-state index contributed by atoms with van der Waals surface area (Å²) in [4.78, 5) is 6.54. The predicted octanol–water partition coefficient (Wildman–Crippen LogP) is 2.01. The van der Waals surface area contributed by atoms with Crippen molar-refractivity contribution in [3.8, 4) is 0 Å². The maximum atomic E-state index is 11.4. The molecule has 0 radical (unpaired) electrons. The van der Waals surface area contributed by atoms with Crippen LogP contribution in [0.1, 0.15) is 32.3 Å². The molecule has 0 bridgehead atoms. The minimum Gasteiger partial charge on any atom is -0.356 e. The number of nitrogens with one attached hydrogen (secondary N) is 3. The van der Waals surface area contributed by atoms with Crippen LogP contribution in [0.5, 0.6) is 0 Å². The van der Waals surface area contributed by atoms with Crippen LogP contribution in [0.2, 0.25) is 0 Å². The summed E-state index contributed by atoms with van der Waals surface area (Å²) in [6, 6.07) is 10.9. The summed E-state index contributed by atoms with van der Waals surface area (Å²) in [5.41, 5.74) is 1.32. The molecular weight excluding hydrogens is 489 g/mol. The minimum atomic E-state index is -3.11. The van der Waals surface area contributed by atoms with Gasteiger partial charge in [-0.1, -0.05) is 30.3 Å². The van der Waals surface area contributed by atoms with E-state index in [0.717, 1.165) is 25.5 Å². The van der Waals surface area contributed by atoms with Gasteiger partial charge in [0.15, 0.2) is 5.96 Å². The second-order valence-corrected chi connectivity index (χ2v) is 8.71. The molecule has 0 aliphatic carbocycles. The van der Waals surface area contributed by atoms with E-state index in [1.54, 1.807) is 14.0 Å². The predicted molar refractivity (Wildman–Crippen MR) is 129 cm³/mol. The zero-order valence-electron chi connectivity index (χ0n) is 17.4. The first-order valence-electron chi connectivity index (χ1n) is 9.54. The van der Waals surface area contributed by atoms with E-state index in [9.17, 15) is 8.42 Å². The molecule has 0 aliphatic heterocycles. The van der Waals surface area contributed by atoms with Gasteiger partial charge < -0.3 is 10.6 Å². The molecule has 1 atom stereocenters. The summed E-state index contributed by atoms with van der Waals surface area (Å²) < 4.78 is 25.3. The molecule has 1 aromatic carbocycles. The zero-order valence-corrected chi connectivity index (χ0v) is 20.6. The number of nitrogens with zero attached hydrogens (tertiary/aromatic N) is 2. The van der Waals surface area contributed by atoms with Gasteiger partial charge in [-0.15, -0.1) is 24.0 Å². The fourth-order valence-corrected chi connectivity index (χ4v) is 3.15. The average molecular weight is 526 g/mol. The van der Waals surface area contributed by atoms with Gasteiger partial charge in [0.05, 0.1) is 5.75 Å². The zero-order chi connectivity index (χ0) is 20.1. The van der Waals surface area contributed by atoms with Gasteiger partial charge in [-0.2, -0.15) is 0 Å². The molecule has 7 nitrogen and oxygen atoms in total. The summed E-state index contributed by atoms with van der Waals surface area (Å²) >= 11 is 0. The van der Waals surface area contributed by atoms with Crippen LogP contribution in [0.25, 0.3) is 0 Å². The molecule has 0 aliphatic rings. The van der Waals surface area contributed by atoms with Crippen molar-refractivity contribution in [3.63, 3.8) is 0 Å². The summed E-state index contributed by atoms with van der Waals surface area (Å²) in [5, 5.41) is 6.52. The van der Waals surface area contributed by atoms with Crippen molar-refractivity contribution < 1.29 is 8.42 Å². The van der Waals surface area contributed by atoms with Gasteiger partial charge in [0.25, 0.3) is 0 Å². The Morgan fingerprint density at radius 1 is 1.14 bits per heavy atom. The molecule has 162 valence electrons. The molecule has 0 heterocycles. The lowest BCUT2D eigenvalue weighted by atomic mass is 10.1. The van der Waals surface area contributed by atoms with E-state index in [1.807, 2.05) is 6.07 Å². The van der Waals surface area contributed by atoms with Crippen molar-refractivity contribution in [1.29, 1.82) is 0 Å². The molecule has 0 amide bonds. The maximum absolute atomic E-state index is 11.4. The van der Waals surface area contributed by atoms with Gasteiger partial charge in [0.2, 0.25) is 10.0 Å². The number of hydrogen-bond donors (Lipinski definition) is 3. The monoisotopic (exact) mass is 525 g/mol. The molecule has 0 saturated heterocycles. The average Bonchev–Trinajstić information content (AvgIpc) is 2.66. The normalized spacial score (nSPS) is 13.1. The molecule has 1 rings (SSSR count). The van der Waals surface area contributed by atoms with E-state index in [1.165, 1.54) is 5.56 Å². The van der Waals surface area contributed by atoms with Crippen molar-refractivity contribution >= 4 is 40.0 Å². The maximum Gasteiger partial charge on any atom is 0.211 e. The Bertz CT molecular complexity index is 656. The van der Waals surface area contributed by atoms with Crippen molar-refractivity contribution in [2.24, 2.45) is 4.99 Å². The third-order valence-corrected chi connectivity index (χ3v) is 5.86. The lowest BCUT2D eigenvalue weighted by Crippen LogP contribution is -2.41. The third kappa shape index (κ3) is 11.8.